The summed E-state index contributed by atoms with van der Waals surface area (Å²) in [6.45, 7) is 2.89. The number of thioether (sulfide) groups is 2. The minimum absolute atomic E-state index is 0.717. The number of rotatable bonds is 7. The van der Waals surface area contributed by atoms with Crippen LogP contribution in [0.5, 0.6) is 5.75 Å². The van der Waals surface area contributed by atoms with Crippen LogP contribution >= 0.6 is 23.5 Å². The lowest BCUT2D eigenvalue weighted by molar-refractivity contribution is 0.313. The molecule has 0 saturated heterocycles. The smallest absolute Gasteiger partial charge is 0.129 e. The largest absolute Gasteiger partial charge is 0.493 e. The molecule has 2 N–H and O–H groups in total. The molecule has 136 valence electrons. The second kappa shape index (κ2) is 8.74. The van der Waals surface area contributed by atoms with Crippen molar-refractivity contribution in [3.05, 3.63) is 48.5 Å². The fourth-order valence-electron chi connectivity index (χ4n) is 3.11. The third-order valence-electron chi connectivity index (χ3n) is 4.45. The van der Waals surface area contributed by atoms with Gasteiger partial charge in [0, 0.05) is 32.5 Å². The zero-order valence-electron chi connectivity index (χ0n) is 15.5. The highest BCUT2D eigenvalue weighted by atomic mass is 32.2. The minimum atomic E-state index is 0.717. The normalized spacial score (nSPS) is 11.0. The van der Waals surface area contributed by atoms with E-state index in [1.54, 1.807) is 23.5 Å². The van der Waals surface area contributed by atoms with Crippen LogP contribution in [0.3, 0.4) is 0 Å². The van der Waals surface area contributed by atoms with E-state index in [9.17, 15) is 0 Å². The topological polar surface area (TPSA) is 35.2 Å². The van der Waals surface area contributed by atoms with Gasteiger partial charge in [-0.05, 0) is 42.0 Å². The predicted octanol–water partition coefficient (Wildman–Crippen LogP) is 6.71. The summed E-state index contributed by atoms with van der Waals surface area (Å²) in [5.74, 6) is 0.883. The van der Waals surface area contributed by atoms with E-state index < -0.39 is 0 Å². The second-order valence-corrected chi connectivity index (χ2v) is 7.86. The summed E-state index contributed by atoms with van der Waals surface area (Å²) in [6.07, 6.45) is 6.39. The average molecular weight is 384 g/mol. The van der Waals surface area contributed by atoms with Gasteiger partial charge in [0.05, 0.1) is 6.61 Å². The highest BCUT2D eigenvalue weighted by molar-refractivity contribution is 8.01. The van der Waals surface area contributed by atoms with Crippen LogP contribution in [-0.4, -0.2) is 19.1 Å². The summed E-state index contributed by atoms with van der Waals surface area (Å²) in [5.41, 5.74) is 9.48. The van der Waals surface area contributed by atoms with E-state index in [0.717, 1.165) is 46.2 Å². The van der Waals surface area contributed by atoms with E-state index >= 15 is 0 Å². The predicted molar refractivity (Wildman–Crippen MR) is 118 cm³/mol. The first kappa shape index (κ1) is 19.0. The van der Waals surface area contributed by atoms with Crippen LogP contribution in [0, 0.1) is 0 Å². The number of hydrogen-bond donors (Lipinski definition) is 1. The van der Waals surface area contributed by atoms with E-state index in [4.69, 9.17) is 10.5 Å². The quantitative estimate of drug-likeness (QED) is 0.279. The minimum Gasteiger partial charge on any atom is -0.493 e. The number of nitrogen functional groups attached to an aromatic ring is 1. The lowest BCUT2D eigenvalue weighted by Gasteiger charge is -2.18. The van der Waals surface area contributed by atoms with Gasteiger partial charge in [-0.3, -0.25) is 0 Å². The Morgan fingerprint density at radius 1 is 0.923 bits per heavy atom. The Morgan fingerprint density at radius 3 is 2.19 bits per heavy atom. The van der Waals surface area contributed by atoms with Crippen LogP contribution in [0.15, 0.2) is 58.3 Å². The molecule has 26 heavy (non-hydrogen) atoms. The average Bonchev–Trinajstić information content (AvgIpc) is 2.67. The number of unbranched alkanes of at least 4 members (excludes halogenated alkanes) is 1. The molecule has 0 unspecified atom stereocenters. The summed E-state index contributed by atoms with van der Waals surface area (Å²) < 4.78 is 6.11. The summed E-state index contributed by atoms with van der Waals surface area (Å²) in [6, 6.07) is 16.9. The molecule has 0 amide bonds. The first-order valence-electron chi connectivity index (χ1n) is 8.86. The second-order valence-electron chi connectivity index (χ2n) is 6.16. The summed E-state index contributed by atoms with van der Waals surface area (Å²) in [4.78, 5) is 2.54. The van der Waals surface area contributed by atoms with Gasteiger partial charge in [-0.25, -0.2) is 0 Å². The molecule has 0 spiro atoms. The third kappa shape index (κ3) is 3.81. The van der Waals surface area contributed by atoms with Crippen molar-refractivity contribution >= 4 is 40.0 Å². The number of hydrogen-bond acceptors (Lipinski definition) is 4. The highest BCUT2D eigenvalue weighted by Gasteiger charge is 2.16. The van der Waals surface area contributed by atoms with E-state index in [-0.39, 0.29) is 0 Å². The molecular weight excluding hydrogens is 358 g/mol. The standard InChI is InChI=1S/C22H25NOS2/c1-4-5-11-24-19-14-18(23)22(15-9-7-6-8-10-15)17-13-21(26-3)20(25-2)12-16(17)19/h6-10,12-14H,4-5,11,23H2,1-3H3. The van der Waals surface area contributed by atoms with Crippen LogP contribution in [0.25, 0.3) is 21.9 Å². The Labute approximate surface area is 164 Å². The zero-order valence-corrected chi connectivity index (χ0v) is 17.2. The van der Waals surface area contributed by atoms with Crippen molar-refractivity contribution in [3.8, 4) is 16.9 Å². The number of nitrogens with two attached hydrogens (primary N) is 1. The monoisotopic (exact) mass is 383 g/mol. The van der Waals surface area contributed by atoms with Crippen molar-refractivity contribution in [1.82, 2.24) is 0 Å². The van der Waals surface area contributed by atoms with Crippen molar-refractivity contribution in [1.29, 1.82) is 0 Å². The van der Waals surface area contributed by atoms with Crippen LogP contribution < -0.4 is 10.5 Å². The lowest BCUT2D eigenvalue weighted by Crippen LogP contribution is -2.00. The summed E-state index contributed by atoms with van der Waals surface area (Å²) in [5, 5.41) is 2.29. The first-order chi connectivity index (χ1) is 12.7. The van der Waals surface area contributed by atoms with Gasteiger partial charge in [-0.2, -0.15) is 0 Å². The molecule has 0 radical (unpaired) electrons. The first-order valence-corrected chi connectivity index (χ1v) is 11.3. The summed E-state index contributed by atoms with van der Waals surface area (Å²) in [7, 11) is 0. The maximum atomic E-state index is 6.49. The molecule has 0 aromatic heterocycles. The molecular formula is C22H25NOS2. The highest BCUT2D eigenvalue weighted by Crippen LogP contribution is 2.43. The fourth-order valence-corrected chi connectivity index (χ4v) is 4.60. The molecule has 0 aliphatic heterocycles. The molecule has 3 rings (SSSR count). The number of fused-ring (bicyclic) bond motifs is 1. The van der Waals surface area contributed by atoms with Crippen LogP contribution in [0.2, 0.25) is 0 Å². The number of benzene rings is 3. The molecule has 0 heterocycles. The Morgan fingerprint density at radius 2 is 1.58 bits per heavy atom. The molecule has 0 atom stereocenters. The van der Waals surface area contributed by atoms with Gasteiger partial charge >= 0.3 is 0 Å². The van der Waals surface area contributed by atoms with Crippen molar-refractivity contribution in [3.63, 3.8) is 0 Å². The van der Waals surface area contributed by atoms with E-state index in [2.05, 4.69) is 55.8 Å². The van der Waals surface area contributed by atoms with Gasteiger partial charge in [0.15, 0.2) is 0 Å². The molecule has 0 saturated carbocycles. The maximum absolute atomic E-state index is 6.49. The van der Waals surface area contributed by atoms with E-state index in [1.165, 1.54) is 9.79 Å². The van der Waals surface area contributed by atoms with E-state index in [0.29, 0.717) is 6.61 Å². The van der Waals surface area contributed by atoms with Crippen molar-refractivity contribution < 1.29 is 4.74 Å². The Balaban J connectivity index is 2.27. The molecule has 0 aliphatic carbocycles. The molecule has 3 aromatic carbocycles. The van der Waals surface area contributed by atoms with Gasteiger partial charge in [0.25, 0.3) is 0 Å². The van der Waals surface area contributed by atoms with E-state index in [1.807, 2.05) is 12.1 Å². The van der Waals surface area contributed by atoms with Crippen molar-refractivity contribution in [2.75, 3.05) is 24.9 Å². The molecule has 0 fully saturated rings. The Kier molecular flexibility index (Phi) is 6.38. The Bertz CT molecular complexity index is 894. The van der Waals surface area contributed by atoms with Crippen molar-refractivity contribution in [2.45, 2.75) is 29.6 Å². The molecule has 4 heteroatoms. The van der Waals surface area contributed by atoms with Gasteiger partial charge in [0.1, 0.15) is 5.75 Å². The number of ether oxygens (including phenoxy) is 1. The SMILES string of the molecule is CCCCOc1cc(N)c(-c2ccccc2)c2cc(SC)c(SC)cc12. The number of anilines is 1. The molecule has 2 nitrogen and oxygen atoms in total. The van der Waals surface area contributed by atoms with Gasteiger partial charge in [-0.15, -0.1) is 23.5 Å². The van der Waals surface area contributed by atoms with Crippen LogP contribution in [0.1, 0.15) is 19.8 Å². The van der Waals surface area contributed by atoms with Gasteiger partial charge in [0.2, 0.25) is 0 Å². The molecule has 0 aliphatic rings. The lowest BCUT2D eigenvalue weighted by atomic mass is 9.96. The zero-order chi connectivity index (χ0) is 18.5. The van der Waals surface area contributed by atoms with Gasteiger partial charge in [-0.1, -0.05) is 43.7 Å². The summed E-state index contributed by atoms with van der Waals surface area (Å²) >= 11 is 3.54. The van der Waals surface area contributed by atoms with Crippen LogP contribution in [0.4, 0.5) is 5.69 Å². The maximum Gasteiger partial charge on any atom is 0.129 e. The fraction of sp³-hybridized carbons (Fsp3) is 0.273. The molecule has 0 bridgehead atoms. The third-order valence-corrected chi connectivity index (χ3v) is 6.14. The Hall–Kier alpha value is -1.78. The molecule has 3 aromatic rings. The van der Waals surface area contributed by atoms with Crippen molar-refractivity contribution in [2.24, 2.45) is 0 Å². The van der Waals surface area contributed by atoms with Crippen LogP contribution in [-0.2, 0) is 0 Å². The van der Waals surface area contributed by atoms with Gasteiger partial charge < -0.3 is 10.5 Å².